The van der Waals surface area contributed by atoms with Crippen molar-refractivity contribution >= 4 is 34.5 Å². The Hall–Kier alpha value is -2.66. The van der Waals surface area contributed by atoms with Gasteiger partial charge < -0.3 is 0 Å². The van der Waals surface area contributed by atoms with Crippen molar-refractivity contribution in [3.05, 3.63) is 71.3 Å². The first-order chi connectivity index (χ1) is 12.1. The molecule has 0 bridgehead atoms. The maximum absolute atomic E-state index is 12.4. The minimum absolute atomic E-state index is 0.205. The van der Waals surface area contributed by atoms with E-state index in [2.05, 4.69) is 24.0 Å². The number of imide groups is 1. The highest BCUT2D eigenvalue weighted by atomic mass is 32.2. The number of fused-ring (bicyclic) bond motifs is 2. The number of rotatable bonds is 4. The van der Waals surface area contributed by atoms with Crippen molar-refractivity contribution in [1.82, 2.24) is 9.88 Å². The summed E-state index contributed by atoms with van der Waals surface area (Å²) in [6.07, 6.45) is 0. The smallest absolute Gasteiger partial charge is 0.261 e. The third-order valence-corrected chi connectivity index (χ3v) is 5.23. The zero-order valence-corrected chi connectivity index (χ0v) is 14.5. The van der Waals surface area contributed by atoms with Crippen molar-refractivity contribution < 1.29 is 9.59 Å². The van der Waals surface area contributed by atoms with Gasteiger partial charge in [0.15, 0.2) is 0 Å². The quantitative estimate of drug-likeness (QED) is 0.529. The van der Waals surface area contributed by atoms with Gasteiger partial charge in [-0.25, -0.2) is 4.98 Å². The molecule has 1 aliphatic heterocycles. The molecule has 0 saturated heterocycles. The Kier molecular flexibility index (Phi) is 4.01. The molecule has 0 fully saturated rings. The molecule has 2 amide bonds. The minimum Gasteiger partial charge on any atom is -0.273 e. The number of carbonyl (C=O) groups excluding carboxylic acids is 2. The average Bonchev–Trinajstić information content (AvgIpc) is 2.87. The van der Waals surface area contributed by atoms with Crippen molar-refractivity contribution in [3.63, 3.8) is 0 Å². The predicted octanol–water partition coefficient (Wildman–Crippen LogP) is 3.93. The zero-order valence-electron chi connectivity index (χ0n) is 13.7. The van der Waals surface area contributed by atoms with Gasteiger partial charge in [0, 0.05) is 17.7 Å². The van der Waals surface area contributed by atoms with Crippen molar-refractivity contribution in [2.75, 3.05) is 12.3 Å². The maximum Gasteiger partial charge on any atom is 0.261 e. The topological polar surface area (TPSA) is 50.3 Å². The molecule has 5 heteroatoms. The van der Waals surface area contributed by atoms with Crippen LogP contribution in [-0.2, 0) is 0 Å². The number of carbonyl (C=O) groups is 2. The average molecular weight is 348 g/mol. The molecule has 0 aliphatic carbocycles. The fraction of sp³-hybridized carbons (Fsp3) is 0.150. The molecular formula is C20H16N2O2S. The fourth-order valence-corrected chi connectivity index (χ4v) is 3.98. The predicted molar refractivity (Wildman–Crippen MR) is 99.0 cm³/mol. The fourth-order valence-electron chi connectivity index (χ4n) is 3.08. The van der Waals surface area contributed by atoms with E-state index < -0.39 is 0 Å². The van der Waals surface area contributed by atoms with Crippen LogP contribution in [0.4, 0.5) is 0 Å². The summed E-state index contributed by atoms with van der Waals surface area (Å²) in [5, 5.41) is 2.06. The Labute approximate surface area is 149 Å². The molecule has 3 aromatic rings. The molecule has 2 aromatic carbocycles. The van der Waals surface area contributed by atoms with Gasteiger partial charge in [-0.2, -0.15) is 0 Å². The Morgan fingerprint density at radius 1 is 0.960 bits per heavy atom. The summed E-state index contributed by atoms with van der Waals surface area (Å²) < 4.78 is 0. The molecule has 4 nitrogen and oxygen atoms in total. The number of hydrogen-bond donors (Lipinski definition) is 0. The maximum atomic E-state index is 12.4. The Balaban J connectivity index is 1.47. The first kappa shape index (κ1) is 15.8. The van der Waals surface area contributed by atoms with Gasteiger partial charge in [0.2, 0.25) is 0 Å². The highest BCUT2D eigenvalue weighted by Gasteiger charge is 2.34. The molecule has 0 radical (unpaired) electrons. The van der Waals surface area contributed by atoms with Gasteiger partial charge in [-0.15, -0.1) is 11.8 Å². The summed E-state index contributed by atoms with van der Waals surface area (Å²) in [6.45, 7) is 2.45. The lowest BCUT2D eigenvalue weighted by Crippen LogP contribution is -2.31. The van der Waals surface area contributed by atoms with E-state index in [0.717, 1.165) is 15.9 Å². The third-order valence-electron chi connectivity index (χ3n) is 4.34. The van der Waals surface area contributed by atoms with Gasteiger partial charge in [0.1, 0.15) is 0 Å². The monoisotopic (exact) mass is 348 g/mol. The largest absolute Gasteiger partial charge is 0.273 e. The van der Waals surface area contributed by atoms with Crippen molar-refractivity contribution in [1.29, 1.82) is 0 Å². The number of pyridine rings is 1. The van der Waals surface area contributed by atoms with Crippen LogP contribution < -0.4 is 0 Å². The minimum atomic E-state index is -0.205. The third kappa shape index (κ3) is 2.81. The molecule has 0 N–H and O–H groups in total. The first-order valence-electron chi connectivity index (χ1n) is 8.09. The zero-order chi connectivity index (χ0) is 17.4. The molecule has 1 aromatic heterocycles. The van der Waals surface area contributed by atoms with Crippen LogP contribution in [0.1, 0.15) is 26.3 Å². The second kappa shape index (κ2) is 6.33. The summed E-state index contributed by atoms with van der Waals surface area (Å²) in [4.78, 5) is 30.7. The molecule has 2 heterocycles. The van der Waals surface area contributed by atoms with E-state index in [9.17, 15) is 9.59 Å². The number of thioether (sulfide) groups is 1. The standard InChI is InChI=1S/C20H16N2O2S/c1-13-12-18(21-17-9-5-4-6-14(13)17)25-11-10-22-19(23)15-7-2-3-8-16(15)20(22)24/h2-9,12H,10-11H2,1H3. The van der Waals surface area contributed by atoms with Gasteiger partial charge in [0.25, 0.3) is 11.8 Å². The lowest BCUT2D eigenvalue weighted by molar-refractivity contribution is 0.0664. The van der Waals surface area contributed by atoms with Crippen molar-refractivity contribution in [2.24, 2.45) is 0 Å². The first-order valence-corrected chi connectivity index (χ1v) is 9.08. The molecule has 0 saturated carbocycles. The van der Waals surface area contributed by atoms with Crippen LogP contribution in [0.25, 0.3) is 10.9 Å². The summed E-state index contributed by atoms with van der Waals surface area (Å²) in [5.74, 6) is 0.212. The lowest BCUT2D eigenvalue weighted by atomic mass is 10.1. The Bertz CT molecular complexity index is 965. The molecule has 1 aliphatic rings. The van der Waals surface area contributed by atoms with Gasteiger partial charge >= 0.3 is 0 Å². The van der Waals surface area contributed by atoms with E-state index in [1.165, 1.54) is 10.5 Å². The normalized spacial score (nSPS) is 13.6. The number of nitrogens with zero attached hydrogens (tertiary/aromatic N) is 2. The number of aryl methyl sites for hydroxylation is 1. The highest BCUT2D eigenvalue weighted by molar-refractivity contribution is 7.99. The number of aromatic nitrogens is 1. The summed E-state index contributed by atoms with van der Waals surface area (Å²) in [6, 6.07) is 17.1. The van der Waals surface area contributed by atoms with E-state index in [4.69, 9.17) is 0 Å². The molecule has 124 valence electrons. The van der Waals surface area contributed by atoms with Gasteiger partial charge in [-0.05, 0) is 36.8 Å². The van der Waals surface area contributed by atoms with Crippen LogP contribution in [0, 0.1) is 6.92 Å². The molecule has 25 heavy (non-hydrogen) atoms. The number of hydrogen-bond acceptors (Lipinski definition) is 4. The van der Waals surface area contributed by atoms with E-state index in [1.807, 2.05) is 18.2 Å². The van der Waals surface area contributed by atoms with Crippen LogP contribution in [0.5, 0.6) is 0 Å². The van der Waals surface area contributed by atoms with Gasteiger partial charge in [0.05, 0.1) is 21.7 Å². The molecule has 0 atom stereocenters. The van der Waals surface area contributed by atoms with Crippen LogP contribution in [0.3, 0.4) is 0 Å². The number of amides is 2. The number of benzene rings is 2. The van der Waals surface area contributed by atoms with E-state index >= 15 is 0 Å². The van der Waals surface area contributed by atoms with Gasteiger partial charge in [-0.3, -0.25) is 14.5 Å². The second-order valence-electron chi connectivity index (χ2n) is 5.95. The van der Waals surface area contributed by atoms with Crippen molar-refractivity contribution in [2.45, 2.75) is 11.9 Å². The van der Waals surface area contributed by atoms with Crippen LogP contribution in [0.2, 0.25) is 0 Å². The van der Waals surface area contributed by atoms with E-state index in [0.29, 0.717) is 23.4 Å². The molecule has 0 unspecified atom stereocenters. The highest BCUT2D eigenvalue weighted by Crippen LogP contribution is 2.26. The van der Waals surface area contributed by atoms with E-state index in [-0.39, 0.29) is 11.8 Å². The summed E-state index contributed by atoms with van der Waals surface area (Å²) in [5.41, 5.74) is 3.13. The molecule has 0 spiro atoms. The lowest BCUT2D eigenvalue weighted by Gasteiger charge is -2.13. The summed E-state index contributed by atoms with van der Waals surface area (Å²) >= 11 is 1.56. The van der Waals surface area contributed by atoms with Crippen LogP contribution in [-0.4, -0.2) is 34.0 Å². The summed E-state index contributed by atoms with van der Waals surface area (Å²) in [7, 11) is 0. The molecule has 4 rings (SSSR count). The SMILES string of the molecule is Cc1cc(SCCN2C(=O)c3ccccc3C2=O)nc2ccccc12. The Morgan fingerprint density at radius 2 is 1.60 bits per heavy atom. The van der Waals surface area contributed by atoms with Crippen LogP contribution >= 0.6 is 11.8 Å². The second-order valence-corrected chi connectivity index (χ2v) is 7.07. The van der Waals surface area contributed by atoms with Gasteiger partial charge in [-0.1, -0.05) is 30.3 Å². The van der Waals surface area contributed by atoms with Crippen LogP contribution in [0.15, 0.2) is 59.6 Å². The van der Waals surface area contributed by atoms with Crippen molar-refractivity contribution in [3.8, 4) is 0 Å². The molecular weight excluding hydrogens is 332 g/mol. The Morgan fingerprint density at radius 3 is 2.32 bits per heavy atom. The number of para-hydroxylation sites is 1. The van der Waals surface area contributed by atoms with E-state index in [1.54, 1.807) is 36.0 Å².